The molecular weight excluding hydrogens is 411 g/mol. The first-order valence-electron chi connectivity index (χ1n) is 7.69. The van der Waals surface area contributed by atoms with E-state index in [-0.39, 0.29) is 19.2 Å². The zero-order valence-electron chi connectivity index (χ0n) is 13.9. The van der Waals surface area contributed by atoms with Crippen LogP contribution in [-0.2, 0) is 6.18 Å². The molecule has 7 heteroatoms. The lowest BCUT2D eigenvalue weighted by molar-refractivity contribution is -0.137. The lowest BCUT2D eigenvalue weighted by Crippen LogP contribution is -2.25. The van der Waals surface area contributed by atoms with Crippen LogP contribution in [0, 0.1) is 11.8 Å². The zero-order chi connectivity index (χ0) is 19.2. The Morgan fingerprint density at radius 3 is 2.46 bits per heavy atom. The fraction of sp³-hybridized carbons (Fsp3) is 0.263. The smallest absolute Gasteiger partial charge is 0.416 e. The quantitative estimate of drug-likeness (QED) is 0.704. The number of halogens is 4. The maximum Gasteiger partial charge on any atom is 0.416 e. The Balaban J connectivity index is 2.02. The van der Waals surface area contributed by atoms with Gasteiger partial charge in [-0.05, 0) is 42.5 Å². The van der Waals surface area contributed by atoms with Crippen LogP contribution in [0.15, 0.2) is 46.9 Å². The number of aliphatic hydroxyl groups is 1. The highest BCUT2D eigenvalue weighted by Crippen LogP contribution is 2.29. The largest absolute Gasteiger partial charge is 0.496 e. The van der Waals surface area contributed by atoms with Gasteiger partial charge in [-0.3, -0.25) is 5.32 Å². The molecule has 1 unspecified atom stereocenters. The molecule has 2 N–H and O–H groups in total. The Labute approximate surface area is 158 Å². The van der Waals surface area contributed by atoms with Crippen molar-refractivity contribution in [2.75, 3.05) is 20.3 Å². The van der Waals surface area contributed by atoms with Crippen LogP contribution in [0.3, 0.4) is 0 Å². The SMILES string of the molecule is COc1ccc(Br)cc1C(CO)NCC#Cc1ccc(C(F)(F)F)cc1. The number of alkyl halides is 3. The second-order valence-corrected chi connectivity index (χ2v) is 6.29. The third-order valence-corrected chi connectivity index (χ3v) is 4.12. The van der Waals surface area contributed by atoms with Crippen molar-refractivity contribution in [3.8, 4) is 17.6 Å². The predicted octanol–water partition coefficient (Wildman–Crippen LogP) is 4.15. The molecule has 0 amide bonds. The number of nitrogens with one attached hydrogen (secondary N) is 1. The molecule has 2 aromatic carbocycles. The molecule has 0 spiro atoms. The number of ether oxygens (including phenoxy) is 1. The third kappa shape index (κ3) is 5.49. The van der Waals surface area contributed by atoms with E-state index in [2.05, 4.69) is 33.1 Å². The number of hydrogen-bond acceptors (Lipinski definition) is 3. The van der Waals surface area contributed by atoms with Gasteiger partial charge in [0.2, 0.25) is 0 Å². The first kappa shape index (κ1) is 20.3. The van der Waals surface area contributed by atoms with E-state index >= 15 is 0 Å². The second kappa shape index (κ2) is 9.08. The van der Waals surface area contributed by atoms with Gasteiger partial charge in [0.05, 0.1) is 31.9 Å². The van der Waals surface area contributed by atoms with Gasteiger partial charge in [0.1, 0.15) is 5.75 Å². The maximum atomic E-state index is 12.5. The van der Waals surface area contributed by atoms with E-state index in [4.69, 9.17) is 4.74 Å². The van der Waals surface area contributed by atoms with Gasteiger partial charge in [0, 0.05) is 15.6 Å². The normalized spacial score (nSPS) is 12.2. The topological polar surface area (TPSA) is 41.5 Å². The summed E-state index contributed by atoms with van der Waals surface area (Å²) in [6, 6.07) is 9.74. The highest BCUT2D eigenvalue weighted by molar-refractivity contribution is 9.10. The van der Waals surface area contributed by atoms with Gasteiger partial charge in [-0.25, -0.2) is 0 Å². The van der Waals surface area contributed by atoms with Gasteiger partial charge in [0.15, 0.2) is 0 Å². The number of benzene rings is 2. The molecule has 2 aromatic rings. The van der Waals surface area contributed by atoms with Gasteiger partial charge < -0.3 is 9.84 Å². The van der Waals surface area contributed by atoms with Gasteiger partial charge in [-0.15, -0.1) is 0 Å². The van der Waals surface area contributed by atoms with Crippen LogP contribution in [0.1, 0.15) is 22.7 Å². The summed E-state index contributed by atoms with van der Waals surface area (Å²) in [4.78, 5) is 0. The van der Waals surface area contributed by atoms with Crippen molar-refractivity contribution in [2.24, 2.45) is 0 Å². The molecule has 0 radical (unpaired) electrons. The maximum absolute atomic E-state index is 12.5. The third-order valence-electron chi connectivity index (χ3n) is 3.63. The van der Waals surface area contributed by atoms with Crippen molar-refractivity contribution in [3.05, 3.63) is 63.6 Å². The minimum Gasteiger partial charge on any atom is -0.496 e. The van der Waals surface area contributed by atoms with Crippen molar-refractivity contribution in [1.82, 2.24) is 5.32 Å². The summed E-state index contributed by atoms with van der Waals surface area (Å²) in [5.74, 6) is 6.27. The minimum absolute atomic E-state index is 0.158. The summed E-state index contributed by atoms with van der Waals surface area (Å²) >= 11 is 3.38. The van der Waals surface area contributed by atoms with E-state index in [1.807, 2.05) is 12.1 Å². The van der Waals surface area contributed by atoms with E-state index in [0.717, 1.165) is 22.2 Å². The molecular formula is C19H17BrF3NO2. The fourth-order valence-corrected chi connectivity index (χ4v) is 2.69. The van der Waals surface area contributed by atoms with Gasteiger partial charge in [0.25, 0.3) is 0 Å². The molecule has 138 valence electrons. The molecule has 0 heterocycles. The van der Waals surface area contributed by atoms with Crippen LogP contribution in [0.4, 0.5) is 13.2 Å². The summed E-state index contributed by atoms with van der Waals surface area (Å²) in [5, 5.41) is 12.7. The van der Waals surface area contributed by atoms with E-state index in [1.54, 1.807) is 13.2 Å². The van der Waals surface area contributed by atoms with Crippen molar-refractivity contribution in [1.29, 1.82) is 0 Å². The van der Waals surface area contributed by atoms with Gasteiger partial charge >= 0.3 is 6.18 Å². The zero-order valence-corrected chi connectivity index (χ0v) is 15.5. The number of hydrogen-bond donors (Lipinski definition) is 2. The highest BCUT2D eigenvalue weighted by Gasteiger charge is 2.29. The summed E-state index contributed by atoms with van der Waals surface area (Å²) in [6.45, 7) is 0.0939. The van der Waals surface area contributed by atoms with Crippen LogP contribution < -0.4 is 10.1 Å². The summed E-state index contributed by atoms with van der Waals surface area (Å²) in [7, 11) is 1.55. The van der Waals surface area contributed by atoms with E-state index < -0.39 is 11.7 Å². The molecule has 0 aliphatic heterocycles. The number of aliphatic hydroxyl groups excluding tert-OH is 1. The Bertz CT molecular complexity index is 795. The van der Waals surface area contributed by atoms with Crippen molar-refractivity contribution in [2.45, 2.75) is 12.2 Å². The fourth-order valence-electron chi connectivity index (χ4n) is 2.31. The number of methoxy groups -OCH3 is 1. The first-order chi connectivity index (χ1) is 12.3. The monoisotopic (exact) mass is 427 g/mol. The molecule has 0 fully saturated rings. The molecule has 1 atom stereocenters. The van der Waals surface area contributed by atoms with Gasteiger partial charge in [-0.1, -0.05) is 27.8 Å². The average Bonchev–Trinajstić information content (AvgIpc) is 2.61. The molecule has 0 aliphatic rings. The second-order valence-electron chi connectivity index (χ2n) is 5.38. The molecule has 26 heavy (non-hydrogen) atoms. The summed E-state index contributed by atoms with van der Waals surface area (Å²) < 4.78 is 43.7. The van der Waals surface area contributed by atoms with Crippen LogP contribution in [-0.4, -0.2) is 25.4 Å². The van der Waals surface area contributed by atoms with E-state index in [9.17, 15) is 18.3 Å². The van der Waals surface area contributed by atoms with Crippen LogP contribution in [0.5, 0.6) is 5.75 Å². The Hall–Kier alpha value is -2.01. The summed E-state index contributed by atoms with van der Waals surface area (Å²) in [6.07, 6.45) is -4.36. The molecule has 0 saturated heterocycles. The Morgan fingerprint density at radius 1 is 1.19 bits per heavy atom. The van der Waals surface area contributed by atoms with Crippen LogP contribution in [0.2, 0.25) is 0 Å². The standard InChI is InChI=1S/C19H17BrF3NO2/c1-26-18-9-8-15(20)11-16(18)17(12-25)24-10-2-3-13-4-6-14(7-5-13)19(21,22)23/h4-9,11,17,24-25H,10,12H2,1H3. The highest BCUT2D eigenvalue weighted by atomic mass is 79.9. The van der Waals surface area contributed by atoms with Crippen molar-refractivity contribution >= 4 is 15.9 Å². The van der Waals surface area contributed by atoms with Gasteiger partial charge in [-0.2, -0.15) is 13.2 Å². The molecule has 3 nitrogen and oxygen atoms in total. The number of rotatable bonds is 5. The van der Waals surface area contributed by atoms with Crippen molar-refractivity contribution in [3.63, 3.8) is 0 Å². The minimum atomic E-state index is -4.36. The first-order valence-corrected chi connectivity index (χ1v) is 8.48. The summed E-state index contributed by atoms with van der Waals surface area (Å²) in [5.41, 5.74) is 0.560. The molecule has 0 aliphatic carbocycles. The average molecular weight is 428 g/mol. The molecule has 0 bridgehead atoms. The van der Waals surface area contributed by atoms with Crippen molar-refractivity contribution < 1.29 is 23.0 Å². The van der Waals surface area contributed by atoms with Crippen LogP contribution >= 0.6 is 15.9 Å². The molecule has 0 aromatic heterocycles. The Kier molecular flexibility index (Phi) is 7.09. The van der Waals surface area contributed by atoms with E-state index in [0.29, 0.717) is 11.3 Å². The lowest BCUT2D eigenvalue weighted by atomic mass is 10.1. The molecule has 2 rings (SSSR count). The Morgan fingerprint density at radius 2 is 1.88 bits per heavy atom. The van der Waals surface area contributed by atoms with E-state index in [1.165, 1.54) is 12.1 Å². The lowest BCUT2D eigenvalue weighted by Gasteiger charge is -2.18. The van der Waals surface area contributed by atoms with Crippen LogP contribution in [0.25, 0.3) is 0 Å². The predicted molar refractivity (Wildman–Crippen MR) is 96.8 cm³/mol. The molecule has 0 saturated carbocycles.